The molecule has 3 heteroatoms. The Kier molecular flexibility index (Phi) is 4.00. The lowest BCUT2D eigenvalue weighted by Crippen LogP contribution is -2.49. The number of ether oxygens (including phenoxy) is 1. The minimum Gasteiger partial charge on any atom is -0.381 e. The Balaban J connectivity index is 1.80. The molecule has 0 aromatic carbocycles. The summed E-state index contributed by atoms with van der Waals surface area (Å²) in [4.78, 5) is 2.48. The van der Waals surface area contributed by atoms with Gasteiger partial charge in [0.25, 0.3) is 0 Å². The Morgan fingerprint density at radius 2 is 2.07 bits per heavy atom. The largest absolute Gasteiger partial charge is 0.381 e. The minimum atomic E-state index is 0.395. The molecule has 0 aromatic rings. The highest BCUT2D eigenvalue weighted by atomic mass is 16.5. The Morgan fingerprint density at radius 3 is 2.73 bits per heavy atom. The zero-order chi connectivity index (χ0) is 10.7. The van der Waals surface area contributed by atoms with Crippen molar-refractivity contribution in [2.75, 3.05) is 26.8 Å². The van der Waals surface area contributed by atoms with Crippen molar-refractivity contribution in [1.29, 1.82) is 0 Å². The van der Waals surface area contributed by atoms with Crippen LogP contribution in [-0.2, 0) is 4.74 Å². The first-order chi connectivity index (χ1) is 7.27. The Bertz CT molecular complexity index is 192. The molecule has 2 fully saturated rings. The first kappa shape index (κ1) is 11.4. The van der Waals surface area contributed by atoms with E-state index in [9.17, 15) is 0 Å². The second-order valence-electron chi connectivity index (χ2n) is 5.18. The quantitative estimate of drug-likeness (QED) is 0.764. The van der Waals surface area contributed by atoms with Crippen LogP contribution in [0.1, 0.15) is 32.1 Å². The van der Waals surface area contributed by atoms with E-state index in [4.69, 9.17) is 10.5 Å². The molecule has 0 radical (unpaired) electrons. The molecule has 2 N–H and O–H groups in total. The van der Waals surface area contributed by atoms with Gasteiger partial charge in [-0.2, -0.15) is 0 Å². The molecule has 1 saturated carbocycles. The molecular formula is C12H24N2O. The van der Waals surface area contributed by atoms with Crippen molar-refractivity contribution in [3.63, 3.8) is 0 Å². The molecule has 0 aromatic heterocycles. The van der Waals surface area contributed by atoms with E-state index in [0.29, 0.717) is 12.1 Å². The summed E-state index contributed by atoms with van der Waals surface area (Å²) in [5, 5.41) is 0. The van der Waals surface area contributed by atoms with Crippen molar-refractivity contribution in [3.05, 3.63) is 0 Å². The predicted molar refractivity (Wildman–Crippen MR) is 61.8 cm³/mol. The molecule has 0 spiro atoms. The van der Waals surface area contributed by atoms with E-state index in [1.54, 1.807) is 0 Å². The van der Waals surface area contributed by atoms with E-state index >= 15 is 0 Å². The highest BCUT2D eigenvalue weighted by Gasteiger charge is 2.27. The average molecular weight is 212 g/mol. The van der Waals surface area contributed by atoms with Gasteiger partial charge in [-0.05, 0) is 32.2 Å². The topological polar surface area (TPSA) is 38.5 Å². The van der Waals surface area contributed by atoms with Crippen LogP contribution < -0.4 is 5.73 Å². The Morgan fingerprint density at radius 1 is 1.27 bits per heavy atom. The van der Waals surface area contributed by atoms with Gasteiger partial charge in [-0.1, -0.05) is 12.8 Å². The van der Waals surface area contributed by atoms with Crippen molar-refractivity contribution >= 4 is 0 Å². The molecule has 1 aliphatic carbocycles. The van der Waals surface area contributed by atoms with Crippen LogP contribution >= 0.6 is 0 Å². The average Bonchev–Trinajstić information content (AvgIpc) is 2.71. The lowest BCUT2D eigenvalue weighted by Gasteiger charge is -2.37. The van der Waals surface area contributed by atoms with Crippen LogP contribution in [0.3, 0.4) is 0 Å². The molecule has 3 nitrogen and oxygen atoms in total. The highest BCUT2D eigenvalue weighted by molar-refractivity contribution is 4.85. The van der Waals surface area contributed by atoms with Gasteiger partial charge in [-0.25, -0.2) is 0 Å². The van der Waals surface area contributed by atoms with Gasteiger partial charge in [0, 0.05) is 25.2 Å². The van der Waals surface area contributed by atoms with Crippen LogP contribution in [0.25, 0.3) is 0 Å². The number of nitrogens with zero attached hydrogens (tertiary/aromatic N) is 1. The zero-order valence-corrected chi connectivity index (χ0v) is 9.82. The van der Waals surface area contributed by atoms with Gasteiger partial charge in [0.2, 0.25) is 0 Å². The summed E-state index contributed by atoms with van der Waals surface area (Å²) < 4.78 is 5.41. The van der Waals surface area contributed by atoms with Gasteiger partial charge >= 0.3 is 0 Å². The smallest absolute Gasteiger partial charge is 0.0507 e. The molecular weight excluding hydrogens is 188 g/mol. The Labute approximate surface area is 93.0 Å². The first-order valence-electron chi connectivity index (χ1n) is 6.31. The lowest BCUT2D eigenvalue weighted by atomic mass is 9.89. The van der Waals surface area contributed by atoms with Crippen molar-refractivity contribution in [1.82, 2.24) is 4.90 Å². The number of hydrogen-bond acceptors (Lipinski definition) is 3. The number of nitrogens with two attached hydrogens (primary N) is 1. The normalized spacial score (nSPS) is 37.4. The van der Waals surface area contributed by atoms with Crippen LogP contribution in [0.4, 0.5) is 0 Å². The zero-order valence-electron chi connectivity index (χ0n) is 9.82. The summed E-state index contributed by atoms with van der Waals surface area (Å²) in [6.45, 7) is 3.07. The van der Waals surface area contributed by atoms with Crippen LogP contribution in [0, 0.1) is 5.92 Å². The second kappa shape index (κ2) is 5.28. The van der Waals surface area contributed by atoms with Gasteiger partial charge in [0.05, 0.1) is 6.61 Å². The summed E-state index contributed by atoms with van der Waals surface area (Å²) in [6.07, 6.45) is 6.38. The van der Waals surface area contributed by atoms with Crippen molar-refractivity contribution in [2.24, 2.45) is 11.7 Å². The van der Waals surface area contributed by atoms with Gasteiger partial charge in [0.15, 0.2) is 0 Å². The van der Waals surface area contributed by atoms with Crippen LogP contribution in [0.15, 0.2) is 0 Å². The lowest BCUT2D eigenvalue weighted by molar-refractivity contribution is 0.132. The maximum Gasteiger partial charge on any atom is 0.0507 e. The van der Waals surface area contributed by atoms with Crippen LogP contribution in [-0.4, -0.2) is 43.8 Å². The Hall–Kier alpha value is -0.120. The number of rotatable bonds is 3. The molecule has 0 amide bonds. The van der Waals surface area contributed by atoms with Gasteiger partial charge < -0.3 is 15.4 Å². The van der Waals surface area contributed by atoms with E-state index in [0.717, 1.165) is 19.1 Å². The summed E-state index contributed by atoms with van der Waals surface area (Å²) in [5.41, 5.74) is 6.18. The fourth-order valence-corrected chi connectivity index (χ4v) is 2.96. The monoisotopic (exact) mass is 212 g/mol. The third-order valence-electron chi connectivity index (χ3n) is 3.92. The third-order valence-corrected chi connectivity index (χ3v) is 3.92. The van der Waals surface area contributed by atoms with Gasteiger partial charge in [0.1, 0.15) is 0 Å². The number of likely N-dealkylation sites (N-methyl/N-ethyl adjacent to an activating group) is 1. The molecule has 1 aliphatic heterocycles. The fourth-order valence-electron chi connectivity index (χ4n) is 2.96. The molecule has 1 saturated heterocycles. The van der Waals surface area contributed by atoms with E-state index < -0.39 is 0 Å². The summed E-state index contributed by atoms with van der Waals surface area (Å²) in [5.74, 6) is 0.740. The SMILES string of the molecule is CN(CC1CCOC1)C1CCCCC1N. The molecule has 2 aliphatic rings. The minimum absolute atomic E-state index is 0.395. The first-order valence-corrected chi connectivity index (χ1v) is 6.31. The molecule has 88 valence electrons. The number of hydrogen-bond donors (Lipinski definition) is 1. The van der Waals surface area contributed by atoms with Crippen molar-refractivity contribution in [2.45, 2.75) is 44.2 Å². The standard InChI is InChI=1S/C12H24N2O/c1-14(8-10-6-7-15-9-10)12-5-3-2-4-11(12)13/h10-12H,2-9,13H2,1H3. The molecule has 15 heavy (non-hydrogen) atoms. The maximum absolute atomic E-state index is 6.18. The van der Waals surface area contributed by atoms with Crippen molar-refractivity contribution in [3.8, 4) is 0 Å². The van der Waals surface area contributed by atoms with Gasteiger partial charge in [-0.3, -0.25) is 0 Å². The summed E-state index contributed by atoms with van der Waals surface area (Å²) >= 11 is 0. The maximum atomic E-state index is 6.18. The van der Waals surface area contributed by atoms with E-state index in [-0.39, 0.29) is 0 Å². The highest BCUT2D eigenvalue weighted by Crippen LogP contribution is 2.23. The van der Waals surface area contributed by atoms with Gasteiger partial charge in [-0.15, -0.1) is 0 Å². The van der Waals surface area contributed by atoms with Crippen molar-refractivity contribution < 1.29 is 4.74 Å². The predicted octanol–water partition coefficient (Wildman–Crippen LogP) is 1.22. The molecule has 0 bridgehead atoms. The third kappa shape index (κ3) is 2.92. The molecule has 3 atom stereocenters. The molecule has 3 unspecified atom stereocenters. The van der Waals surface area contributed by atoms with Crippen LogP contribution in [0.2, 0.25) is 0 Å². The molecule has 2 rings (SSSR count). The van der Waals surface area contributed by atoms with E-state index in [2.05, 4.69) is 11.9 Å². The second-order valence-corrected chi connectivity index (χ2v) is 5.18. The van der Waals surface area contributed by atoms with E-state index in [1.165, 1.54) is 38.6 Å². The van der Waals surface area contributed by atoms with E-state index in [1.807, 2.05) is 0 Å². The van der Waals surface area contributed by atoms with Crippen LogP contribution in [0.5, 0.6) is 0 Å². The molecule has 1 heterocycles. The summed E-state index contributed by atoms with van der Waals surface area (Å²) in [7, 11) is 2.23. The fraction of sp³-hybridized carbons (Fsp3) is 1.00. The summed E-state index contributed by atoms with van der Waals surface area (Å²) in [6, 6.07) is 1.01.